The lowest BCUT2D eigenvalue weighted by Gasteiger charge is -2.24. The summed E-state index contributed by atoms with van der Waals surface area (Å²) in [4.78, 5) is 11.1. The topological polar surface area (TPSA) is 61.3 Å². The summed E-state index contributed by atoms with van der Waals surface area (Å²) in [6.07, 6.45) is 3.73. The number of hydrogen-bond acceptors (Lipinski definition) is 5. The Labute approximate surface area is 101 Å². The summed E-state index contributed by atoms with van der Waals surface area (Å²) in [6, 6.07) is 0. The van der Waals surface area contributed by atoms with E-state index in [1.54, 1.807) is 6.33 Å². The van der Waals surface area contributed by atoms with Crippen LogP contribution >= 0.6 is 0 Å². The predicted molar refractivity (Wildman–Crippen MR) is 64.8 cm³/mol. The molecule has 1 atom stereocenters. The van der Waals surface area contributed by atoms with Gasteiger partial charge in [0.2, 0.25) is 0 Å². The van der Waals surface area contributed by atoms with Crippen molar-refractivity contribution >= 4 is 5.82 Å². The molecule has 0 amide bonds. The maximum atomic E-state index is 9.20. The smallest absolute Gasteiger partial charge is 0.135 e. The second kappa shape index (κ2) is 4.58. The fourth-order valence-corrected chi connectivity index (χ4v) is 2.71. The number of nitrogens with one attached hydrogen (secondary N) is 1. The largest absolute Gasteiger partial charge is 0.396 e. The normalized spacial score (nSPS) is 23.8. The molecule has 3 heterocycles. The molecule has 5 nitrogen and oxygen atoms in total. The minimum absolute atomic E-state index is 0.283. The van der Waals surface area contributed by atoms with Gasteiger partial charge >= 0.3 is 0 Å². The second-order valence-corrected chi connectivity index (χ2v) is 4.83. The first-order chi connectivity index (χ1) is 8.38. The van der Waals surface area contributed by atoms with Crippen LogP contribution in [0.25, 0.3) is 0 Å². The van der Waals surface area contributed by atoms with Crippen LogP contribution < -0.4 is 10.2 Å². The van der Waals surface area contributed by atoms with Gasteiger partial charge in [-0.1, -0.05) is 0 Å². The molecule has 0 bridgehead atoms. The standard InChI is InChI=1S/C12H18N4O/c17-7-9-2-4-16(6-9)12-10-1-3-13-5-11(10)14-8-15-12/h8-9,13,17H,1-7H2/t9-/m1/s1. The van der Waals surface area contributed by atoms with Crippen LogP contribution in [0.3, 0.4) is 0 Å². The molecule has 0 aromatic carbocycles. The Morgan fingerprint density at radius 2 is 2.41 bits per heavy atom. The molecule has 17 heavy (non-hydrogen) atoms. The highest BCUT2D eigenvalue weighted by atomic mass is 16.3. The highest BCUT2D eigenvalue weighted by Crippen LogP contribution is 2.27. The summed E-state index contributed by atoms with van der Waals surface area (Å²) in [7, 11) is 0. The maximum Gasteiger partial charge on any atom is 0.135 e. The number of aliphatic hydroxyl groups is 1. The van der Waals surface area contributed by atoms with E-state index >= 15 is 0 Å². The van der Waals surface area contributed by atoms with Gasteiger partial charge in [-0.2, -0.15) is 0 Å². The van der Waals surface area contributed by atoms with Gasteiger partial charge < -0.3 is 15.3 Å². The van der Waals surface area contributed by atoms with Crippen LogP contribution in [-0.4, -0.2) is 41.3 Å². The van der Waals surface area contributed by atoms with Crippen molar-refractivity contribution in [3.05, 3.63) is 17.6 Å². The van der Waals surface area contributed by atoms with Crippen molar-refractivity contribution < 1.29 is 5.11 Å². The zero-order valence-corrected chi connectivity index (χ0v) is 9.89. The summed E-state index contributed by atoms with van der Waals surface area (Å²) in [5.74, 6) is 1.50. The fraction of sp³-hybridized carbons (Fsp3) is 0.667. The Balaban J connectivity index is 1.88. The maximum absolute atomic E-state index is 9.20. The Bertz CT molecular complexity index is 409. The lowest BCUT2D eigenvalue weighted by molar-refractivity contribution is 0.238. The van der Waals surface area contributed by atoms with Gasteiger partial charge in [-0.15, -0.1) is 0 Å². The van der Waals surface area contributed by atoms with Crippen molar-refractivity contribution in [3.63, 3.8) is 0 Å². The van der Waals surface area contributed by atoms with Gasteiger partial charge in [0.15, 0.2) is 0 Å². The molecule has 1 fully saturated rings. The summed E-state index contributed by atoms with van der Waals surface area (Å²) >= 11 is 0. The first kappa shape index (κ1) is 10.9. The molecule has 1 aromatic heterocycles. The van der Waals surface area contributed by atoms with Crippen LogP contribution in [0.2, 0.25) is 0 Å². The van der Waals surface area contributed by atoms with E-state index in [9.17, 15) is 5.11 Å². The van der Waals surface area contributed by atoms with Gasteiger partial charge in [0.05, 0.1) is 5.69 Å². The van der Waals surface area contributed by atoms with E-state index in [-0.39, 0.29) is 6.61 Å². The number of rotatable bonds is 2. The van der Waals surface area contributed by atoms with E-state index < -0.39 is 0 Å². The average Bonchev–Trinajstić information content (AvgIpc) is 2.87. The van der Waals surface area contributed by atoms with Crippen molar-refractivity contribution in [1.82, 2.24) is 15.3 Å². The highest BCUT2D eigenvalue weighted by Gasteiger charge is 2.26. The first-order valence-electron chi connectivity index (χ1n) is 6.27. The number of anilines is 1. The van der Waals surface area contributed by atoms with Crippen LogP contribution in [-0.2, 0) is 13.0 Å². The number of aliphatic hydroxyl groups excluding tert-OH is 1. The van der Waals surface area contributed by atoms with E-state index in [0.29, 0.717) is 5.92 Å². The molecular weight excluding hydrogens is 216 g/mol. The Morgan fingerprint density at radius 1 is 1.47 bits per heavy atom. The summed E-state index contributed by atoms with van der Waals surface area (Å²) in [5.41, 5.74) is 2.43. The number of aromatic nitrogens is 2. The van der Waals surface area contributed by atoms with E-state index in [1.165, 1.54) is 5.56 Å². The van der Waals surface area contributed by atoms with Gasteiger partial charge in [0.1, 0.15) is 12.1 Å². The SMILES string of the molecule is OC[C@@H]1CCN(c2ncnc3c2CCNC3)C1. The molecular formula is C12H18N4O. The van der Waals surface area contributed by atoms with E-state index in [2.05, 4.69) is 20.2 Å². The first-order valence-corrected chi connectivity index (χ1v) is 6.27. The van der Waals surface area contributed by atoms with Crippen molar-refractivity contribution in [2.24, 2.45) is 5.92 Å². The van der Waals surface area contributed by atoms with Crippen molar-refractivity contribution in [2.45, 2.75) is 19.4 Å². The molecule has 92 valence electrons. The number of nitrogens with zero attached hydrogens (tertiary/aromatic N) is 3. The third-order valence-corrected chi connectivity index (χ3v) is 3.70. The summed E-state index contributed by atoms with van der Waals surface area (Å²) in [6.45, 7) is 4.06. The molecule has 5 heteroatoms. The molecule has 0 saturated carbocycles. The van der Waals surface area contributed by atoms with E-state index in [0.717, 1.165) is 50.5 Å². The third kappa shape index (κ3) is 2.00. The Morgan fingerprint density at radius 3 is 3.24 bits per heavy atom. The number of fused-ring (bicyclic) bond motifs is 1. The molecule has 1 aromatic rings. The Hall–Kier alpha value is -1.20. The molecule has 2 N–H and O–H groups in total. The molecule has 0 unspecified atom stereocenters. The minimum atomic E-state index is 0.283. The average molecular weight is 234 g/mol. The third-order valence-electron chi connectivity index (χ3n) is 3.70. The van der Waals surface area contributed by atoms with Gasteiger partial charge in [-0.3, -0.25) is 0 Å². The predicted octanol–water partition coefficient (Wildman–Crippen LogP) is -0.0591. The quantitative estimate of drug-likeness (QED) is 0.751. The summed E-state index contributed by atoms with van der Waals surface area (Å²) < 4.78 is 0. The molecule has 0 radical (unpaired) electrons. The monoisotopic (exact) mass is 234 g/mol. The lowest BCUT2D eigenvalue weighted by atomic mass is 10.1. The van der Waals surface area contributed by atoms with Gasteiger partial charge in [-0.25, -0.2) is 9.97 Å². The molecule has 0 aliphatic carbocycles. The minimum Gasteiger partial charge on any atom is -0.396 e. The molecule has 2 aliphatic rings. The molecule has 3 rings (SSSR count). The van der Waals surface area contributed by atoms with Crippen LogP contribution in [0.15, 0.2) is 6.33 Å². The fourth-order valence-electron chi connectivity index (χ4n) is 2.71. The van der Waals surface area contributed by atoms with Crippen LogP contribution in [0, 0.1) is 5.92 Å². The molecule has 0 spiro atoms. The van der Waals surface area contributed by atoms with E-state index in [1.807, 2.05) is 0 Å². The van der Waals surface area contributed by atoms with E-state index in [4.69, 9.17) is 0 Å². The van der Waals surface area contributed by atoms with Crippen LogP contribution in [0.5, 0.6) is 0 Å². The van der Waals surface area contributed by atoms with Gasteiger partial charge in [0, 0.05) is 37.7 Å². The van der Waals surface area contributed by atoms with Crippen LogP contribution in [0.4, 0.5) is 5.82 Å². The highest BCUT2D eigenvalue weighted by molar-refractivity contribution is 5.50. The zero-order valence-electron chi connectivity index (χ0n) is 9.89. The van der Waals surface area contributed by atoms with Gasteiger partial charge in [0.25, 0.3) is 0 Å². The van der Waals surface area contributed by atoms with Crippen molar-refractivity contribution in [1.29, 1.82) is 0 Å². The number of hydrogen-bond donors (Lipinski definition) is 2. The molecule has 1 saturated heterocycles. The Kier molecular flexibility index (Phi) is 2.94. The van der Waals surface area contributed by atoms with Crippen molar-refractivity contribution in [2.75, 3.05) is 31.1 Å². The summed E-state index contributed by atoms with van der Waals surface area (Å²) in [5, 5.41) is 12.5. The van der Waals surface area contributed by atoms with Gasteiger partial charge in [-0.05, 0) is 19.4 Å². The lowest BCUT2D eigenvalue weighted by Crippen LogP contribution is -2.29. The van der Waals surface area contributed by atoms with Crippen LogP contribution in [0.1, 0.15) is 17.7 Å². The molecule has 2 aliphatic heterocycles. The second-order valence-electron chi connectivity index (χ2n) is 4.83. The zero-order chi connectivity index (χ0) is 11.7. The van der Waals surface area contributed by atoms with Crippen molar-refractivity contribution in [3.8, 4) is 0 Å².